The van der Waals surface area contributed by atoms with Crippen molar-refractivity contribution in [3.8, 4) is 0 Å². The van der Waals surface area contributed by atoms with Crippen LogP contribution in [0.2, 0.25) is 5.02 Å². The lowest BCUT2D eigenvalue weighted by atomic mass is 10.1. The van der Waals surface area contributed by atoms with Gasteiger partial charge >= 0.3 is 5.97 Å². The Bertz CT molecular complexity index is 1050. The molecule has 0 radical (unpaired) electrons. The number of amides is 3. The molecule has 31 heavy (non-hydrogen) atoms. The molecule has 0 aliphatic carbocycles. The normalized spacial score (nSPS) is 12.5. The summed E-state index contributed by atoms with van der Waals surface area (Å²) in [6.45, 7) is -0.615. The third kappa shape index (κ3) is 5.04. The largest absolute Gasteiger partial charge is 0.456 e. The van der Waals surface area contributed by atoms with Gasteiger partial charge in [-0.05, 0) is 30.7 Å². The van der Waals surface area contributed by atoms with Gasteiger partial charge in [0.25, 0.3) is 23.4 Å². The molecular formula is C20H16ClN3O7. The molecule has 1 heterocycles. The summed E-state index contributed by atoms with van der Waals surface area (Å²) >= 11 is 5.71. The van der Waals surface area contributed by atoms with E-state index in [2.05, 4.69) is 5.32 Å². The minimum Gasteiger partial charge on any atom is -0.456 e. The lowest BCUT2D eigenvalue weighted by Gasteiger charge is -2.13. The Morgan fingerprint density at radius 3 is 2.35 bits per heavy atom. The Hall–Kier alpha value is -3.79. The van der Waals surface area contributed by atoms with E-state index in [0.717, 1.165) is 11.0 Å². The van der Waals surface area contributed by atoms with Crippen LogP contribution in [0.3, 0.4) is 0 Å². The smallest absolute Gasteiger partial charge is 0.306 e. The van der Waals surface area contributed by atoms with E-state index in [1.807, 2.05) is 0 Å². The summed E-state index contributed by atoms with van der Waals surface area (Å²) in [7, 11) is 0. The van der Waals surface area contributed by atoms with Gasteiger partial charge in [0, 0.05) is 24.1 Å². The summed E-state index contributed by atoms with van der Waals surface area (Å²) < 4.78 is 4.85. The van der Waals surface area contributed by atoms with Crippen molar-refractivity contribution < 1.29 is 28.8 Å². The molecule has 2 aromatic carbocycles. The number of hydrogen-bond donors (Lipinski definition) is 1. The van der Waals surface area contributed by atoms with Crippen LogP contribution < -0.4 is 5.32 Å². The van der Waals surface area contributed by atoms with E-state index in [9.17, 15) is 29.3 Å². The van der Waals surface area contributed by atoms with Crippen molar-refractivity contribution in [1.29, 1.82) is 0 Å². The molecule has 10 nitrogen and oxygen atoms in total. The van der Waals surface area contributed by atoms with Crippen LogP contribution in [0.15, 0.2) is 42.5 Å². The van der Waals surface area contributed by atoms with Crippen LogP contribution in [-0.2, 0) is 14.3 Å². The summed E-state index contributed by atoms with van der Waals surface area (Å²) in [4.78, 5) is 59.7. The Morgan fingerprint density at radius 1 is 1.10 bits per heavy atom. The molecule has 2 aromatic rings. The molecule has 11 heteroatoms. The zero-order chi connectivity index (χ0) is 22.5. The van der Waals surface area contributed by atoms with E-state index in [0.29, 0.717) is 11.1 Å². The number of halogens is 1. The highest BCUT2D eigenvalue weighted by Gasteiger charge is 2.34. The number of fused-ring (bicyclic) bond motifs is 1. The number of carbonyl (C=O) groups excluding carboxylic acids is 4. The Balaban J connectivity index is 1.44. The number of nitro benzene ring substituents is 1. The maximum absolute atomic E-state index is 12.2. The van der Waals surface area contributed by atoms with Gasteiger partial charge in [-0.3, -0.25) is 34.2 Å². The molecule has 0 spiro atoms. The SMILES string of the molecule is O=C(COC(=O)CCCN1C(=O)c2ccccc2C1=O)Nc1ccc(Cl)cc1[N+](=O)[O-]. The maximum atomic E-state index is 12.2. The van der Waals surface area contributed by atoms with Gasteiger partial charge in [0.1, 0.15) is 5.69 Å². The number of hydrogen-bond acceptors (Lipinski definition) is 7. The van der Waals surface area contributed by atoms with Crippen molar-refractivity contribution in [2.75, 3.05) is 18.5 Å². The maximum Gasteiger partial charge on any atom is 0.306 e. The molecule has 0 aromatic heterocycles. The third-order valence-electron chi connectivity index (χ3n) is 4.44. The number of benzene rings is 2. The summed E-state index contributed by atoms with van der Waals surface area (Å²) in [5, 5.41) is 13.4. The first-order chi connectivity index (χ1) is 14.8. The number of ether oxygens (including phenoxy) is 1. The fourth-order valence-electron chi connectivity index (χ4n) is 2.99. The number of rotatable bonds is 8. The predicted octanol–water partition coefficient (Wildman–Crippen LogP) is 2.81. The molecule has 1 aliphatic rings. The first kappa shape index (κ1) is 21.9. The van der Waals surface area contributed by atoms with Crippen LogP contribution in [0.1, 0.15) is 33.6 Å². The standard InChI is InChI=1S/C20H16ClN3O7/c21-12-7-8-15(16(10-12)24(29)30)22-17(25)11-31-18(26)6-3-9-23-19(27)13-4-1-2-5-14(13)20(23)28/h1-2,4-5,7-8,10H,3,6,9,11H2,(H,22,25). The molecule has 0 saturated heterocycles. The van der Waals surface area contributed by atoms with Gasteiger partial charge in [0.05, 0.1) is 16.1 Å². The minimum absolute atomic E-state index is 0.0324. The monoisotopic (exact) mass is 445 g/mol. The fraction of sp³-hybridized carbons (Fsp3) is 0.200. The van der Waals surface area contributed by atoms with Crippen molar-refractivity contribution >= 4 is 46.7 Å². The van der Waals surface area contributed by atoms with Crippen molar-refractivity contribution in [2.24, 2.45) is 0 Å². The molecule has 0 fully saturated rings. The van der Waals surface area contributed by atoms with Gasteiger partial charge in [-0.25, -0.2) is 0 Å². The number of imide groups is 1. The second kappa shape index (κ2) is 9.35. The van der Waals surface area contributed by atoms with Gasteiger partial charge in [-0.15, -0.1) is 0 Å². The van der Waals surface area contributed by atoms with Crippen molar-refractivity contribution in [3.63, 3.8) is 0 Å². The van der Waals surface area contributed by atoms with Gasteiger partial charge in [-0.2, -0.15) is 0 Å². The first-order valence-electron chi connectivity index (χ1n) is 9.12. The van der Waals surface area contributed by atoms with Crippen molar-refractivity contribution in [2.45, 2.75) is 12.8 Å². The van der Waals surface area contributed by atoms with E-state index < -0.39 is 40.9 Å². The summed E-state index contributed by atoms with van der Waals surface area (Å²) in [6, 6.07) is 10.2. The number of nitro groups is 1. The van der Waals surface area contributed by atoms with E-state index in [1.54, 1.807) is 24.3 Å². The molecule has 0 atom stereocenters. The second-order valence-corrected chi connectivity index (χ2v) is 6.97. The van der Waals surface area contributed by atoms with Crippen molar-refractivity contribution in [1.82, 2.24) is 4.90 Å². The Kier molecular flexibility index (Phi) is 6.61. The molecule has 3 rings (SSSR count). The lowest BCUT2D eigenvalue weighted by Crippen LogP contribution is -2.31. The van der Waals surface area contributed by atoms with Gasteiger partial charge < -0.3 is 10.1 Å². The van der Waals surface area contributed by atoms with E-state index in [-0.39, 0.29) is 30.1 Å². The molecule has 0 unspecified atom stereocenters. The van der Waals surface area contributed by atoms with Crippen molar-refractivity contribution in [3.05, 3.63) is 68.7 Å². The summed E-state index contributed by atoms with van der Waals surface area (Å²) in [6.07, 6.45) is 0.0381. The van der Waals surface area contributed by atoms with Gasteiger partial charge in [-0.1, -0.05) is 23.7 Å². The molecule has 1 aliphatic heterocycles. The van der Waals surface area contributed by atoms with Crippen LogP contribution in [0.5, 0.6) is 0 Å². The van der Waals surface area contributed by atoms with E-state index >= 15 is 0 Å². The number of esters is 1. The number of anilines is 1. The number of carbonyl (C=O) groups is 4. The van der Waals surface area contributed by atoms with Gasteiger partial charge in [0.2, 0.25) is 0 Å². The highest BCUT2D eigenvalue weighted by molar-refractivity contribution is 6.31. The number of nitrogens with zero attached hydrogens (tertiary/aromatic N) is 2. The average molecular weight is 446 g/mol. The Morgan fingerprint density at radius 2 is 1.74 bits per heavy atom. The van der Waals surface area contributed by atoms with Crippen LogP contribution in [0.4, 0.5) is 11.4 Å². The highest BCUT2D eigenvalue weighted by atomic mass is 35.5. The van der Waals surface area contributed by atoms with E-state index in [4.69, 9.17) is 16.3 Å². The summed E-state index contributed by atoms with van der Waals surface area (Å²) in [5.74, 6) is -2.31. The first-order valence-corrected chi connectivity index (χ1v) is 9.50. The van der Waals surface area contributed by atoms with Crippen LogP contribution in [0, 0.1) is 10.1 Å². The molecule has 3 amide bonds. The zero-order valence-corrected chi connectivity index (χ0v) is 16.8. The minimum atomic E-state index is -0.765. The molecule has 1 N–H and O–H groups in total. The predicted molar refractivity (Wildman–Crippen MR) is 109 cm³/mol. The fourth-order valence-corrected chi connectivity index (χ4v) is 3.16. The quantitative estimate of drug-likeness (QED) is 0.285. The molecular weight excluding hydrogens is 430 g/mol. The topological polar surface area (TPSA) is 136 Å². The third-order valence-corrected chi connectivity index (χ3v) is 4.67. The summed E-state index contributed by atoms with van der Waals surface area (Å²) in [5.41, 5.74) is 0.167. The molecule has 160 valence electrons. The van der Waals surface area contributed by atoms with Gasteiger partial charge in [0.15, 0.2) is 6.61 Å². The van der Waals surface area contributed by atoms with Crippen LogP contribution in [-0.4, -0.2) is 46.7 Å². The zero-order valence-electron chi connectivity index (χ0n) is 16.0. The average Bonchev–Trinajstić information content (AvgIpc) is 2.98. The van der Waals surface area contributed by atoms with E-state index in [1.165, 1.54) is 12.1 Å². The van der Waals surface area contributed by atoms with Crippen LogP contribution >= 0.6 is 11.6 Å². The molecule has 0 bridgehead atoms. The lowest BCUT2D eigenvalue weighted by molar-refractivity contribution is -0.383. The molecule has 0 saturated carbocycles. The van der Waals surface area contributed by atoms with Crippen LogP contribution in [0.25, 0.3) is 0 Å². The highest BCUT2D eigenvalue weighted by Crippen LogP contribution is 2.27. The second-order valence-electron chi connectivity index (χ2n) is 6.54. The number of nitrogens with one attached hydrogen (secondary N) is 1. The Labute approximate surface area is 180 Å².